The van der Waals surface area contributed by atoms with Crippen LogP contribution in [0, 0.1) is 0 Å². The minimum atomic E-state index is -2.80. The largest absolute Gasteiger partial charge is 0.480 e. The van der Waals surface area contributed by atoms with E-state index in [0.717, 1.165) is 25.7 Å². The number of nitrogens with zero attached hydrogens (tertiary/aromatic N) is 2. The van der Waals surface area contributed by atoms with Crippen molar-refractivity contribution in [3.8, 4) is 0 Å². The van der Waals surface area contributed by atoms with Gasteiger partial charge in [0, 0.05) is 12.6 Å². The molecular weight excluding hydrogens is 284 g/mol. The number of nitrogens with one attached hydrogen (secondary N) is 1. The van der Waals surface area contributed by atoms with Crippen LogP contribution in [0.3, 0.4) is 0 Å². The first-order chi connectivity index (χ1) is 9.99. The van der Waals surface area contributed by atoms with Gasteiger partial charge in [-0.15, -0.1) is 0 Å². The van der Waals surface area contributed by atoms with Gasteiger partial charge >= 0.3 is 5.97 Å². The zero-order valence-electron chi connectivity index (χ0n) is 11.3. The molecule has 1 fully saturated rings. The van der Waals surface area contributed by atoms with Crippen LogP contribution in [0.4, 0.5) is 8.78 Å². The van der Waals surface area contributed by atoms with Crippen molar-refractivity contribution in [2.75, 3.05) is 0 Å². The van der Waals surface area contributed by atoms with Gasteiger partial charge in [0.05, 0.1) is 6.04 Å². The lowest BCUT2D eigenvalue weighted by Crippen LogP contribution is -2.42. The molecule has 1 unspecified atom stereocenters. The Morgan fingerprint density at radius 3 is 2.67 bits per heavy atom. The van der Waals surface area contributed by atoms with Gasteiger partial charge in [-0.2, -0.15) is 5.10 Å². The van der Waals surface area contributed by atoms with E-state index >= 15 is 0 Å². The van der Waals surface area contributed by atoms with Crippen LogP contribution in [0.2, 0.25) is 0 Å². The molecule has 1 amide bonds. The smallest absolute Gasteiger partial charge is 0.326 e. The van der Waals surface area contributed by atoms with Crippen LogP contribution in [-0.4, -0.2) is 39.2 Å². The molecule has 2 rings (SSSR count). The van der Waals surface area contributed by atoms with Gasteiger partial charge in [0.2, 0.25) is 6.43 Å². The Kier molecular flexibility index (Phi) is 4.87. The highest BCUT2D eigenvalue weighted by Gasteiger charge is 2.27. The van der Waals surface area contributed by atoms with E-state index in [1.54, 1.807) is 4.68 Å². The number of aromatic nitrogens is 2. The fraction of sp³-hybridized carbons (Fsp3) is 0.615. The molecule has 116 valence electrons. The predicted molar refractivity (Wildman–Crippen MR) is 69.2 cm³/mol. The third-order valence-corrected chi connectivity index (χ3v) is 3.59. The highest BCUT2D eigenvalue weighted by atomic mass is 19.3. The lowest BCUT2D eigenvalue weighted by atomic mass is 10.2. The first-order valence-electron chi connectivity index (χ1n) is 6.84. The monoisotopic (exact) mass is 301 g/mol. The van der Waals surface area contributed by atoms with Crippen molar-refractivity contribution in [3.63, 3.8) is 0 Å². The van der Waals surface area contributed by atoms with Gasteiger partial charge < -0.3 is 10.4 Å². The van der Waals surface area contributed by atoms with Gasteiger partial charge in [-0.05, 0) is 18.9 Å². The first kappa shape index (κ1) is 15.4. The molecule has 1 atom stereocenters. The lowest BCUT2D eigenvalue weighted by Gasteiger charge is -2.17. The van der Waals surface area contributed by atoms with E-state index in [2.05, 4.69) is 10.4 Å². The number of hydrogen-bond acceptors (Lipinski definition) is 3. The van der Waals surface area contributed by atoms with Gasteiger partial charge in [0.1, 0.15) is 11.7 Å². The standard InChI is InChI=1S/C13H17F2N3O3/c14-11(15)7-9(13(20)21)17-12(19)10-5-6-16-18(10)8-3-1-2-4-8/h5-6,8-9,11H,1-4,7H2,(H,17,19)(H,20,21). The van der Waals surface area contributed by atoms with Crippen molar-refractivity contribution in [1.29, 1.82) is 0 Å². The Bertz CT molecular complexity index is 513. The van der Waals surface area contributed by atoms with E-state index in [1.807, 2.05) is 0 Å². The van der Waals surface area contributed by atoms with Crippen molar-refractivity contribution in [2.45, 2.75) is 50.6 Å². The third-order valence-electron chi connectivity index (χ3n) is 3.59. The maximum absolute atomic E-state index is 12.3. The minimum absolute atomic E-state index is 0.110. The van der Waals surface area contributed by atoms with Crippen LogP contribution in [0.15, 0.2) is 12.3 Å². The van der Waals surface area contributed by atoms with Gasteiger partial charge in [-0.1, -0.05) is 12.8 Å². The Labute approximate surface area is 120 Å². The summed E-state index contributed by atoms with van der Waals surface area (Å²) in [5, 5.41) is 15.1. The van der Waals surface area contributed by atoms with Crippen molar-refractivity contribution in [1.82, 2.24) is 15.1 Å². The molecule has 0 radical (unpaired) electrons. The second-order valence-electron chi connectivity index (χ2n) is 5.09. The predicted octanol–water partition coefficient (Wildman–Crippen LogP) is 1.84. The van der Waals surface area contributed by atoms with Crippen LogP contribution in [-0.2, 0) is 4.79 Å². The Balaban J connectivity index is 2.09. The van der Waals surface area contributed by atoms with Gasteiger partial charge in [0.25, 0.3) is 5.91 Å². The fourth-order valence-corrected chi connectivity index (χ4v) is 2.57. The summed E-state index contributed by atoms with van der Waals surface area (Å²) < 4.78 is 26.2. The number of hydrogen-bond donors (Lipinski definition) is 2. The molecule has 0 aliphatic heterocycles. The molecular formula is C13H17F2N3O3. The van der Waals surface area contributed by atoms with Gasteiger partial charge in [-0.3, -0.25) is 9.48 Å². The number of carboxylic acid groups (broad SMARTS) is 1. The average molecular weight is 301 g/mol. The van der Waals surface area contributed by atoms with E-state index in [0.29, 0.717) is 0 Å². The van der Waals surface area contributed by atoms with Crippen LogP contribution >= 0.6 is 0 Å². The summed E-state index contributed by atoms with van der Waals surface area (Å²) >= 11 is 0. The van der Waals surface area contributed by atoms with E-state index < -0.39 is 30.8 Å². The average Bonchev–Trinajstić information content (AvgIpc) is 3.07. The topological polar surface area (TPSA) is 84.2 Å². The Morgan fingerprint density at radius 1 is 1.43 bits per heavy atom. The number of carbonyl (C=O) groups is 2. The molecule has 1 saturated carbocycles. The molecule has 0 spiro atoms. The van der Waals surface area contributed by atoms with E-state index in [-0.39, 0.29) is 11.7 Å². The number of carboxylic acids is 1. The third kappa shape index (κ3) is 3.77. The summed E-state index contributed by atoms with van der Waals surface area (Å²) in [6, 6.07) is -0.0295. The SMILES string of the molecule is O=C(NC(CC(F)F)C(=O)O)c1ccnn1C1CCCC1. The van der Waals surface area contributed by atoms with Crippen molar-refractivity contribution >= 4 is 11.9 Å². The Hall–Kier alpha value is -1.99. The molecule has 0 bridgehead atoms. The minimum Gasteiger partial charge on any atom is -0.480 e. The van der Waals surface area contributed by atoms with Gasteiger partial charge in [-0.25, -0.2) is 13.6 Å². The van der Waals surface area contributed by atoms with Crippen LogP contribution < -0.4 is 5.32 Å². The lowest BCUT2D eigenvalue weighted by molar-refractivity contribution is -0.140. The molecule has 0 aromatic carbocycles. The highest BCUT2D eigenvalue weighted by molar-refractivity contribution is 5.95. The summed E-state index contributed by atoms with van der Waals surface area (Å²) in [6.07, 6.45) is 1.65. The number of aliphatic carboxylic acids is 1. The van der Waals surface area contributed by atoms with Crippen molar-refractivity contribution in [2.24, 2.45) is 0 Å². The molecule has 0 saturated heterocycles. The van der Waals surface area contributed by atoms with Gasteiger partial charge in [0.15, 0.2) is 0 Å². The molecule has 1 heterocycles. The Morgan fingerprint density at radius 2 is 2.10 bits per heavy atom. The maximum Gasteiger partial charge on any atom is 0.326 e. The normalized spacial score (nSPS) is 17.1. The number of carbonyl (C=O) groups excluding carboxylic acids is 1. The zero-order chi connectivity index (χ0) is 15.4. The summed E-state index contributed by atoms with van der Waals surface area (Å²) in [5.74, 6) is -2.16. The second-order valence-corrected chi connectivity index (χ2v) is 5.09. The number of alkyl halides is 2. The van der Waals surface area contributed by atoms with E-state index in [1.165, 1.54) is 12.3 Å². The number of halogens is 2. The summed E-state index contributed by atoms with van der Waals surface area (Å²) in [7, 11) is 0. The molecule has 1 aliphatic carbocycles. The summed E-state index contributed by atoms with van der Waals surface area (Å²) in [6.45, 7) is 0. The van der Waals surface area contributed by atoms with Crippen molar-refractivity contribution in [3.05, 3.63) is 18.0 Å². The quantitative estimate of drug-likeness (QED) is 0.839. The molecule has 1 aliphatic rings. The zero-order valence-corrected chi connectivity index (χ0v) is 11.3. The van der Waals surface area contributed by atoms with Crippen LogP contribution in [0.1, 0.15) is 48.6 Å². The van der Waals surface area contributed by atoms with Crippen LogP contribution in [0.25, 0.3) is 0 Å². The first-order valence-corrected chi connectivity index (χ1v) is 6.84. The summed E-state index contributed by atoms with van der Waals surface area (Å²) in [5.41, 5.74) is 0.211. The number of amides is 1. The second kappa shape index (κ2) is 6.64. The number of rotatable bonds is 6. The van der Waals surface area contributed by atoms with Crippen molar-refractivity contribution < 1.29 is 23.5 Å². The fourth-order valence-electron chi connectivity index (χ4n) is 2.57. The van der Waals surface area contributed by atoms with Crippen LogP contribution in [0.5, 0.6) is 0 Å². The van der Waals surface area contributed by atoms with E-state index in [4.69, 9.17) is 5.11 Å². The van der Waals surface area contributed by atoms with E-state index in [9.17, 15) is 18.4 Å². The maximum atomic E-state index is 12.3. The highest BCUT2D eigenvalue weighted by Crippen LogP contribution is 2.29. The molecule has 6 nitrogen and oxygen atoms in total. The molecule has 21 heavy (non-hydrogen) atoms. The summed E-state index contributed by atoms with van der Waals surface area (Å²) in [4.78, 5) is 23.0. The molecule has 2 N–H and O–H groups in total. The molecule has 1 aromatic heterocycles. The molecule has 8 heteroatoms. The molecule has 1 aromatic rings.